The molecule has 0 saturated heterocycles. The normalized spacial score (nSPS) is 29.0. The Balaban J connectivity index is 2.26. The fraction of sp³-hybridized carbons (Fsp3) is 0.917. The first kappa shape index (κ1) is 14.4. The van der Waals surface area contributed by atoms with Crippen LogP contribution >= 0.6 is 0 Å². The van der Waals surface area contributed by atoms with Gasteiger partial charge in [-0.1, -0.05) is 19.8 Å². The number of ether oxygens (including phenoxy) is 1. The Morgan fingerprint density at radius 1 is 1.59 bits per heavy atom. The van der Waals surface area contributed by atoms with Gasteiger partial charge in [-0.05, 0) is 18.8 Å². The van der Waals surface area contributed by atoms with Crippen molar-refractivity contribution in [3.8, 4) is 0 Å². The standard InChI is InChI=1S/C12H24N2O3/c1-10-3-2-4-12(13,9-10)11(16)14-5-7-17-8-6-15/h10,15H,2-9,13H2,1H3,(H,14,16). The molecule has 100 valence electrons. The molecule has 4 N–H and O–H groups in total. The zero-order chi connectivity index (χ0) is 12.7. The average molecular weight is 244 g/mol. The first-order chi connectivity index (χ1) is 8.08. The number of carbonyl (C=O) groups excluding carboxylic acids is 1. The highest BCUT2D eigenvalue weighted by molar-refractivity contribution is 5.86. The van der Waals surface area contributed by atoms with Gasteiger partial charge in [0, 0.05) is 6.54 Å². The van der Waals surface area contributed by atoms with E-state index < -0.39 is 5.54 Å². The van der Waals surface area contributed by atoms with Crippen LogP contribution in [0.4, 0.5) is 0 Å². The minimum absolute atomic E-state index is 0.00624. The maximum absolute atomic E-state index is 12.0. The number of hydrogen-bond acceptors (Lipinski definition) is 4. The van der Waals surface area contributed by atoms with Crippen LogP contribution in [0.3, 0.4) is 0 Å². The van der Waals surface area contributed by atoms with Gasteiger partial charge in [0.1, 0.15) is 0 Å². The third kappa shape index (κ3) is 4.61. The summed E-state index contributed by atoms with van der Waals surface area (Å²) in [6, 6.07) is 0. The van der Waals surface area contributed by atoms with Crippen molar-refractivity contribution < 1.29 is 14.6 Å². The van der Waals surface area contributed by atoms with Crippen molar-refractivity contribution in [3.63, 3.8) is 0 Å². The second kappa shape index (κ2) is 6.93. The van der Waals surface area contributed by atoms with Crippen LogP contribution in [0.1, 0.15) is 32.6 Å². The number of nitrogens with two attached hydrogens (primary N) is 1. The van der Waals surface area contributed by atoms with E-state index in [2.05, 4.69) is 12.2 Å². The van der Waals surface area contributed by atoms with Crippen molar-refractivity contribution in [2.24, 2.45) is 11.7 Å². The van der Waals surface area contributed by atoms with Crippen LogP contribution < -0.4 is 11.1 Å². The highest BCUT2D eigenvalue weighted by Crippen LogP contribution is 2.30. The third-order valence-corrected chi connectivity index (χ3v) is 3.25. The van der Waals surface area contributed by atoms with E-state index >= 15 is 0 Å². The fourth-order valence-corrected chi connectivity index (χ4v) is 2.38. The molecule has 1 rings (SSSR count). The van der Waals surface area contributed by atoms with Crippen molar-refractivity contribution in [1.29, 1.82) is 0 Å². The highest BCUT2D eigenvalue weighted by atomic mass is 16.5. The van der Waals surface area contributed by atoms with E-state index in [1.165, 1.54) is 0 Å². The summed E-state index contributed by atoms with van der Waals surface area (Å²) < 4.78 is 5.07. The monoisotopic (exact) mass is 244 g/mol. The topological polar surface area (TPSA) is 84.6 Å². The summed E-state index contributed by atoms with van der Waals surface area (Å²) >= 11 is 0. The molecule has 1 fully saturated rings. The zero-order valence-corrected chi connectivity index (χ0v) is 10.6. The lowest BCUT2D eigenvalue weighted by atomic mass is 9.76. The molecular weight excluding hydrogens is 220 g/mol. The minimum atomic E-state index is -0.700. The molecule has 0 aromatic rings. The van der Waals surface area contributed by atoms with E-state index in [1.807, 2.05) is 0 Å². The molecule has 1 aliphatic carbocycles. The first-order valence-electron chi connectivity index (χ1n) is 6.34. The molecule has 0 bridgehead atoms. The Labute approximate surface area is 103 Å². The minimum Gasteiger partial charge on any atom is -0.394 e. The van der Waals surface area contributed by atoms with Gasteiger partial charge in [0.2, 0.25) is 5.91 Å². The number of aliphatic hydroxyl groups is 1. The van der Waals surface area contributed by atoms with E-state index in [4.69, 9.17) is 15.6 Å². The van der Waals surface area contributed by atoms with Crippen molar-refractivity contribution in [2.75, 3.05) is 26.4 Å². The average Bonchev–Trinajstić information content (AvgIpc) is 2.28. The molecule has 5 nitrogen and oxygen atoms in total. The van der Waals surface area contributed by atoms with Crippen LogP contribution in [-0.4, -0.2) is 42.9 Å². The summed E-state index contributed by atoms with van der Waals surface area (Å²) in [7, 11) is 0. The molecule has 1 saturated carbocycles. The Morgan fingerprint density at radius 3 is 3.00 bits per heavy atom. The van der Waals surface area contributed by atoms with Crippen LogP contribution in [0.25, 0.3) is 0 Å². The highest BCUT2D eigenvalue weighted by Gasteiger charge is 2.37. The summed E-state index contributed by atoms with van der Waals surface area (Å²) in [6.07, 6.45) is 3.70. The molecule has 0 heterocycles. The Hall–Kier alpha value is -0.650. The number of amides is 1. The van der Waals surface area contributed by atoms with E-state index in [1.54, 1.807) is 0 Å². The van der Waals surface area contributed by atoms with Crippen LogP contribution in [0.5, 0.6) is 0 Å². The van der Waals surface area contributed by atoms with Crippen molar-refractivity contribution in [2.45, 2.75) is 38.1 Å². The lowest BCUT2D eigenvalue weighted by molar-refractivity contribution is -0.128. The van der Waals surface area contributed by atoms with Gasteiger partial charge in [-0.25, -0.2) is 0 Å². The molecular formula is C12H24N2O3. The van der Waals surface area contributed by atoms with Gasteiger partial charge in [0.25, 0.3) is 0 Å². The summed E-state index contributed by atoms with van der Waals surface area (Å²) in [6.45, 7) is 3.31. The van der Waals surface area contributed by atoms with Gasteiger partial charge in [0.05, 0.1) is 25.4 Å². The number of hydrogen-bond donors (Lipinski definition) is 3. The molecule has 17 heavy (non-hydrogen) atoms. The molecule has 0 aromatic heterocycles. The third-order valence-electron chi connectivity index (χ3n) is 3.25. The van der Waals surface area contributed by atoms with Gasteiger partial charge in [-0.2, -0.15) is 0 Å². The second-order valence-corrected chi connectivity index (χ2v) is 4.95. The lowest BCUT2D eigenvalue weighted by Gasteiger charge is -2.35. The SMILES string of the molecule is CC1CCCC(N)(C(=O)NCCOCCO)C1. The molecule has 0 aromatic carbocycles. The van der Waals surface area contributed by atoms with E-state index in [9.17, 15) is 4.79 Å². The smallest absolute Gasteiger partial charge is 0.240 e. The molecule has 1 aliphatic rings. The van der Waals surface area contributed by atoms with Crippen molar-refractivity contribution >= 4 is 5.91 Å². The Bertz CT molecular complexity index is 248. The van der Waals surface area contributed by atoms with Gasteiger partial charge in [-0.15, -0.1) is 0 Å². The number of carbonyl (C=O) groups is 1. The first-order valence-corrected chi connectivity index (χ1v) is 6.34. The van der Waals surface area contributed by atoms with E-state index in [-0.39, 0.29) is 12.5 Å². The van der Waals surface area contributed by atoms with Crippen molar-refractivity contribution in [1.82, 2.24) is 5.32 Å². The Morgan fingerprint density at radius 2 is 2.35 bits per heavy atom. The predicted molar refractivity (Wildman–Crippen MR) is 65.5 cm³/mol. The predicted octanol–water partition coefficient (Wildman–Crippen LogP) is 0.0191. The van der Waals surface area contributed by atoms with Gasteiger partial charge < -0.3 is 20.9 Å². The quantitative estimate of drug-likeness (QED) is 0.575. The number of nitrogens with one attached hydrogen (secondary N) is 1. The van der Waals surface area contributed by atoms with Crippen LogP contribution in [-0.2, 0) is 9.53 Å². The van der Waals surface area contributed by atoms with Crippen LogP contribution in [0.2, 0.25) is 0 Å². The summed E-state index contributed by atoms with van der Waals surface area (Å²) in [4.78, 5) is 12.0. The summed E-state index contributed by atoms with van der Waals surface area (Å²) in [5.74, 6) is 0.446. The maximum Gasteiger partial charge on any atom is 0.240 e. The van der Waals surface area contributed by atoms with E-state index in [0.29, 0.717) is 25.7 Å². The molecule has 2 atom stereocenters. The number of aliphatic hydroxyl groups excluding tert-OH is 1. The van der Waals surface area contributed by atoms with Crippen LogP contribution in [0.15, 0.2) is 0 Å². The molecule has 1 amide bonds. The molecule has 0 radical (unpaired) electrons. The lowest BCUT2D eigenvalue weighted by Crippen LogP contribution is -2.56. The van der Waals surface area contributed by atoms with Crippen LogP contribution in [0, 0.1) is 5.92 Å². The molecule has 0 aliphatic heterocycles. The second-order valence-electron chi connectivity index (χ2n) is 4.95. The van der Waals surface area contributed by atoms with Gasteiger partial charge in [0.15, 0.2) is 0 Å². The summed E-state index contributed by atoms with van der Waals surface area (Å²) in [5.41, 5.74) is 5.44. The fourth-order valence-electron chi connectivity index (χ4n) is 2.38. The maximum atomic E-state index is 12.0. The van der Waals surface area contributed by atoms with Gasteiger partial charge >= 0.3 is 0 Å². The summed E-state index contributed by atoms with van der Waals surface area (Å²) in [5, 5.41) is 11.3. The van der Waals surface area contributed by atoms with Gasteiger partial charge in [-0.3, -0.25) is 4.79 Å². The Kier molecular flexibility index (Phi) is 5.88. The van der Waals surface area contributed by atoms with Crippen molar-refractivity contribution in [3.05, 3.63) is 0 Å². The molecule has 5 heteroatoms. The largest absolute Gasteiger partial charge is 0.394 e. The number of rotatable bonds is 6. The molecule has 2 unspecified atom stereocenters. The van der Waals surface area contributed by atoms with E-state index in [0.717, 1.165) is 25.7 Å². The molecule has 0 spiro atoms. The zero-order valence-electron chi connectivity index (χ0n) is 10.6.